The summed E-state index contributed by atoms with van der Waals surface area (Å²) in [6, 6.07) is 9.18. The molecule has 0 fully saturated rings. The number of carbonyl (C=O) groups is 2. The SMILES string of the molecule is CN/C=C\C(=C/C=O)NC(=O)c1cc(C(F)(F)F)ccc1Oc1ccccc1OC(C)C. The van der Waals surface area contributed by atoms with E-state index in [4.69, 9.17) is 9.47 Å². The second-order valence-corrected chi connectivity index (χ2v) is 6.76. The Bertz CT molecular complexity index is 1010. The quantitative estimate of drug-likeness (QED) is 0.327. The highest BCUT2D eigenvalue weighted by molar-refractivity contribution is 5.98. The topological polar surface area (TPSA) is 76.7 Å². The number of benzene rings is 2. The van der Waals surface area contributed by atoms with Crippen molar-refractivity contribution >= 4 is 12.2 Å². The van der Waals surface area contributed by atoms with Gasteiger partial charge in [-0.2, -0.15) is 13.2 Å². The van der Waals surface area contributed by atoms with Crippen molar-refractivity contribution in [2.45, 2.75) is 26.1 Å². The fourth-order valence-corrected chi connectivity index (χ4v) is 2.56. The van der Waals surface area contributed by atoms with Gasteiger partial charge in [0.2, 0.25) is 0 Å². The third-order valence-electron chi connectivity index (χ3n) is 3.92. The third kappa shape index (κ3) is 6.90. The fourth-order valence-electron chi connectivity index (χ4n) is 2.56. The first-order valence-electron chi connectivity index (χ1n) is 9.61. The van der Waals surface area contributed by atoms with Gasteiger partial charge in [0.15, 0.2) is 11.5 Å². The van der Waals surface area contributed by atoms with Crippen molar-refractivity contribution in [3.05, 3.63) is 77.6 Å². The van der Waals surface area contributed by atoms with Crippen molar-refractivity contribution in [3.8, 4) is 17.2 Å². The lowest BCUT2D eigenvalue weighted by atomic mass is 10.1. The molecule has 9 heteroatoms. The van der Waals surface area contributed by atoms with Crippen molar-refractivity contribution in [2.75, 3.05) is 7.05 Å². The lowest BCUT2D eigenvalue weighted by molar-refractivity contribution is -0.137. The molecule has 0 unspecified atom stereocenters. The highest BCUT2D eigenvalue weighted by Crippen LogP contribution is 2.37. The van der Waals surface area contributed by atoms with Crippen molar-refractivity contribution in [3.63, 3.8) is 0 Å². The first-order valence-corrected chi connectivity index (χ1v) is 9.61. The highest BCUT2D eigenvalue weighted by atomic mass is 19.4. The molecule has 0 radical (unpaired) electrons. The van der Waals surface area contributed by atoms with E-state index in [0.717, 1.165) is 18.2 Å². The Labute approximate surface area is 183 Å². The molecule has 2 aromatic carbocycles. The van der Waals surface area contributed by atoms with E-state index < -0.39 is 17.6 Å². The largest absolute Gasteiger partial charge is 0.487 e. The van der Waals surface area contributed by atoms with E-state index in [0.29, 0.717) is 18.1 Å². The number of allylic oxidation sites excluding steroid dienone is 2. The van der Waals surface area contributed by atoms with Gasteiger partial charge in [0.1, 0.15) is 12.0 Å². The van der Waals surface area contributed by atoms with E-state index in [2.05, 4.69) is 10.6 Å². The Morgan fingerprint density at radius 3 is 2.34 bits per heavy atom. The number of ether oxygens (including phenoxy) is 2. The second kappa shape index (κ2) is 11.0. The van der Waals surface area contributed by atoms with E-state index in [1.807, 2.05) is 13.8 Å². The van der Waals surface area contributed by atoms with E-state index in [-0.39, 0.29) is 28.9 Å². The molecule has 6 nitrogen and oxygen atoms in total. The molecule has 0 heterocycles. The lowest BCUT2D eigenvalue weighted by Gasteiger charge is -2.17. The van der Waals surface area contributed by atoms with Crippen LogP contribution in [-0.2, 0) is 11.0 Å². The Kier molecular flexibility index (Phi) is 8.46. The molecule has 0 bridgehead atoms. The van der Waals surface area contributed by atoms with Gasteiger partial charge in [-0.1, -0.05) is 12.1 Å². The number of halogens is 3. The van der Waals surface area contributed by atoms with Gasteiger partial charge in [0, 0.05) is 18.8 Å². The van der Waals surface area contributed by atoms with E-state index in [9.17, 15) is 22.8 Å². The molecular formula is C23H23F3N2O4. The van der Waals surface area contributed by atoms with Crippen LogP contribution in [0.4, 0.5) is 13.2 Å². The van der Waals surface area contributed by atoms with Crippen LogP contribution >= 0.6 is 0 Å². The number of carbonyl (C=O) groups excluding carboxylic acids is 2. The van der Waals surface area contributed by atoms with Crippen LogP contribution in [0.25, 0.3) is 0 Å². The van der Waals surface area contributed by atoms with Gasteiger partial charge in [-0.3, -0.25) is 9.59 Å². The number of aldehydes is 1. The molecule has 0 aliphatic heterocycles. The summed E-state index contributed by atoms with van der Waals surface area (Å²) in [5, 5.41) is 5.09. The summed E-state index contributed by atoms with van der Waals surface area (Å²) in [7, 11) is 1.60. The Balaban J connectivity index is 2.49. The molecule has 32 heavy (non-hydrogen) atoms. The molecule has 0 saturated carbocycles. The van der Waals surface area contributed by atoms with Gasteiger partial charge in [0.05, 0.1) is 17.2 Å². The van der Waals surface area contributed by atoms with Crippen LogP contribution in [0.15, 0.2) is 66.5 Å². The third-order valence-corrected chi connectivity index (χ3v) is 3.92. The summed E-state index contributed by atoms with van der Waals surface area (Å²) < 4.78 is 51.3. The maximum Gasteiger partial charge on any atom is 0.416 e. The minimum Gasteiger partial charge on any atom is -0.487 e. The zero-order valence-electron chi connectivity index (χ0n) is 17.7. The summed E-state index contributed by atoms with van der Waals surface area (Å²) in [5.41, 5.74) is -1.31. The van der Waals surface area contributed by atoms with Gasteiger partial charge in [-0.05, 0) is 56.5 Å². The first-order chi connectivity index (χ1) is 15.2. The first kappa shape index (κ1) is 24.5. The fraction of sp³-hybridized carbons (Fsp3) is 0.217. The van der Waals surface area contributed by atoms with E-state index in [1.54, 1.807) is 31.3 Å². The molecular weight excluding hydrogens is 425 g/mol. The van der Waals surface area contributed by atoms with Crippen LogP contribution in [0.2, 0.25) is 0 Å². The predicted octanol–water partition coefficient (Wildman–Crippen LogP) is 4.83. The van der Waals surface area contributed by atoms with Crippen LogP contribution in [0.3, 0.4) is 0 Å². The summed E-state index contributed by atoms with van der Waals surface area (Å²) in [6.45, 7) is 3.63. The highest BCUT2D eigenvalue weighted by Gasteiger charge is 2.32. The molecule has 2 N–H and O–H groups in total. The average Bonchev–Trinajstić information content (AvgIpc) is 2.72. The Morgan fingerprint density at radius 1 is 1.06 bits per heavy atom. The number of para-hydroxylation sites is 2. The van der Waals surface area contributed by atoms with Gasteiger partial charge in [-0.25, -0.2) is 0 Å². The molecule has 0 spiro atoms. The van der Waals surface area contributed by atoms with Crippen LogP contribution in [0, 0.1) is 0 Å². The zero-order chi connectivity index (χ0) is 23.7. The van der Waals surface area contributed by atoms with Gasteiger partial charge >= 0.3 is 6.18 Å². The van der Waals surface area contributed by atoms with Crippen LogP contribution in [0.1, 0.15) is 29.8 Å². The summed E-state index contributed by atoms with van der Waals surface area (Å²) in [4.78, 5) is 23.7. The zero-order valence-corrected chi connectivity index (χ0v) is 17.7. The molecule has 0 aromatic heterocycles. The van der Waals surface area contributed by atoms with Gasteiger partial charge in [-0.15, -0.1) is 0 Å². The van der Waals surface area contributed by atoms with E-state index >= 15 is 0 Å². The van der Waals surface area contributed by atoms with Gasteiger partial charge in [0.25, 0.3) is 5.91 Å². The summed E-state index contributed by atoms with van der Waals surface area (Å²) in [5.74, 6) is -0.401. The molecule has 0 saturated heterocycles. The molecule has 0 aliphatic carbocycles. The molecule has 170 valence electrons. The van der Waals surface area contributed by atoms with Crippen LogP contribution < -0.4 is 20.1 Å². The van der Waals surface area contributed by atoms with Crippen molar-refractivity contribution in [2.24, 2.45) is 0 Å². The predicted molar refractivity (Wildman–Crippen MR) is 114 cm³/mol. The maximum atomic E-state index is 13.3. The normalized spacial score (nSPS) is 12.0. The number of rotatable bonds is 9. The Hall–Kier alpha value is -3.75. The molecule has 2 aromatic rings. The molecule has 2 rings (SSSR count). The lowest BCUT2D eigenvalue weighted by Crippen LogP contribution is -2.23. The standard InChI is InChI=1S/C23H23F3N2O4/c1-15(2)31-20-6-4-5-7-21(20)32-19-9-8-16(23(24,25)26)14-18(19)22(30)28-17(11-13-29)10-12-27-3/h4-15,27H,1-3H3,(H,28,30)/b12-10-,17-11+. The van der Waals surface area contributed by atoms with Crippen molar-refractivity contribution in [1.29, 1.82) is 0 Å². The smallest absolute Gasteiger partial charge is 0.416 e. The minimum atomic E-state index is -4.67. The van der Waals surface area contributed by atoms with Crippen molar-refractivity contribution in [1.82, 2.24) is 10.6 Å². The van der Waals surface area contributed by atoms with Crippen molar-refractivity contribution < 1.29 is 32.2 Å². The maximum absolute atomic E-state index is 13.3. The molecule has 0 aliphatic rings. The Morgan fingerprint density at radius 2 is 1.75 bits per heavy atom. The number of amides is 1. The second-order valence-electron chi connectivity index (χ2n) is 6.76. The van der Waals surface area contributed by atoms with Crippen LogP contribution in [-0.4, -0.2) is 25.3 Å². The number of nitrogens with one attached hydrogen (secondary N) is 2. The van der Waals surface area contributed by atoms with Crippen LogP contribution in [0.5, 0.6) is 17.2 Å². The van der Waals surface area contributed by atoms with Gasteiger partial charge < -0.3 is 20.1 Å². The summed E-state index contributed by atoms with van der Waals surface area (Å²) in [6.07, 6.45) is -0.514. The molecule has 1 amide bonds. The van der Waals surface area contributed by atoms with E-state index in [1.165, 1.54) is 12.3 Å². The molecule has 0 atom stereocenters. The average molecular weight is 448 g/mol. The summed E-state index contributed by atoms with van der Waals surface area (Å²) >= 11 is 0. The minimum absolute atomic E-state index is 0.0752. The number of hydrogen-bond acceptors (Lipinski definition) is 5. The monoisotopic (exact) mass is 448 g/mol. The number of alkyl halides is 3. The number of hydrogen-bond donors (Lipinski definition) is 2.